The van der Waals surface area contributed by atoms with Crippen LogP contribution in [0.15, 0.2) is 67.8 Å². The van der Waals surface area contributed by atoms with Crippen LogP contribution in [-0.2, 0) is 51.9 Å². The molecule has 90 heavy (non-hydrogen) atoms. The number of nitrogens with two attached hydrogens (primary N) is 6. The number of allylic oxidation sites excluding steroid dienone is 6. The van der Waals surface area contributed by atoms with E-state index in [0.29, 0.717) is 56.4 Å². The maximum atomic E-state index is 14.4. The van der Waals surface area contributed by atoms with Crippen molar-refractivity contribution in [3.8, 4) is 0 Å². The number of primary amides is 6. The van der Waals surface area contributed by atoms with Gasteiger partial charge >= 0.3 is 7.82 Å². The molecule has 2 saturated heterocycles. The van der Waals surface area contributed by atoms with Crippen LogP contribution in [0.5, 0.6) is 0 Å². The third kappa shape index (κ3) is 13.0. The van der Waals surface area contributed by atoms with Gasteiger partial charge in [-0.1, -0.05) is 34.6 Å². The number of aliphatic hydroxyl groups is 2. The lowest BCUT2D eigenvalue weighted by atomic mass is 9.55. The Bertz CT molecular complexity index is 3540. The molecule has 492 valence electrons. The molecule has 1 unspecified atom stereocenters. The lowest BCUT2D eigenvalue weighted by Gasteiger charge is -2.48. The SMILES string of the molecule is CC1=C2N/C(=C\C3=NC(=C(/C)C4=N[C@@H]([C@@H](CC(N)=O)[C@]4(C)CCC(=O)NC[C@H](C)OP(=O)(O)O[C@@H]4[C@H](O)[C@H](n5cnc6cc(C)c(C)cc65)O[C@H]4CO)[C@@]4(C)N=C1[C@H](CCC(N)=O)[C@@]4(C)CC(N)=O)/[C@H](CCC(N)=O)C3(C)C)[C@H](CCC(N)=O)[C@@]2(C)CC(N)=O. The molecule has 8 rings (SSSR count). The van der Waals surface area contributed by atoms with Gasteiger partial charge in [-0.3, -0.25) is 57.6 Å². The first kappa shape index (κ1) is 68.9. The van der Waals surface area contributed by atoms with Crippen molar-refractivity contribution in [1.82, 2.24) is 20.2 Å². The Hall–Kier alpha value is -7.00. The van der Waals surface area contributed by atoms with Gasteiger partial charge in [-0.05, 0) is 108 Å². The monoisotopic (exact) mass is 1270 g/mol. The van der Waals surface area contributed by atoms with Crippen LogP contribution >= 0.6 is 7.82 Å². The second-order valence-corrected chi connectivity index (χ2v) is 28.4. The number of aliphatic hydroxyl groups excluding tert-OH is 2. The van der Waals surface area contributed by atoms with Crippen LogP contribution in [0.3, 0.4) is 0 Å². The molecule has 0 saturated carbocycles. The van der Waals surface area contributed by atoms with Crippen molar-refractivity contribution in [2.75, 3.05) is 13.2 Å². The van der Waals surface area contributed by atoms with Crippen LogP contribution in [0.4, 0.5) is 0 Å². The summed E-state index contributed by atoms with van der Waals surface area (Å²) in [5.74, 6) is -7.18. The molecule has 8 bridgehead atoms. The number of nitrogens with zero attached hydrogens (tertiary/aromatic N) is 5. The molecular formula is C62H90N13O14P. The van der Waals surface area contributed by atoms with Gasteiger partial charge < -0.3 is 69.4 Å². The van der Waals surface area contributed by atoms with Crippen molar-refractivity contribution >= 4 is 77.3 Å². The Morgan fingerprint density at radius 2 is 1.40 bits per heavy atom. The number of aromatic nitrogens is 2. The van der Waals surface area contributed by atoms with Crippen LogP contribution in [0.2, 0.25) is 0 Å². The average molecular weight is 1270 g/mol. The quantitative estimate of drug-likeness (QED) is 0.0603. The van der Waals surface area contributed by atoms with E-state index in [1.807, 2.05) is 87.4 Å². The summed E-state index contributed by atoms with van der Waals surface area (Å²) in [6.45, 7) is 19.3. The molecule has 27 nitrogen and oxygen atoms in total. The van der Waals surface area contributed by atoms with E-state index in [9.17, 15) is 53.2 Å². The molecule has 28 heteroatoms. The van der Waals surface area contributed by atoms with Crippen LogP contribution < -0.4 is 45.0 Å². The summed E-state index contributed by atoms with van der Waals surface area (Å²) in [4.78, 5) is 126. The highest BCUT2D eigenvalue weighted by atomic mass is 31.2. The molecule has 0 aliphatic carbocycles. The Labute approximate surface area is 523 Å². The van der Waals surface area contributed by atoms with E-state index in [0.717, 1.165) is 11.1 Å². The summed E-state index contributed by atoms with van der Waals surface area (Å²) >= 11 is 0. The van der Waals surface area contributed by atoms with Crippen molar-refractivity contribution in [2.24, 2.45) is 94.7 Å². The Morgan fingerprint density at radius 1 is 0.800 bits per heavy atom. The molecule has 0 spiro atoms. The van der Waals surface area contributed by atoms with E-state index in [4.69, 9.17) is 63.2 Å². The number of nitrogens with one attached hydrogen (secondary N) is 2. The molecule has 7 amide bonds. The van der Waals surface area contributed by atoms with E-state index in [-0.39, 0.29) is 77.2 Å². The number of ether oxygens (including phenoxy) is 1. The molecule has 6 aliphatic heterocycles. The number of carbonyl (C=O) groups is 7. The largest absolute Gasteiger partial charge is 0.472 e. The smallest absolute Gasteiger partial charge is 0.394 e. The van der Waals surface area contributed by atoms with Gasteiger partial charge in [0.15, 0.2) is 6.23 Å². The summed E-state index contributed by atoms with van der Waals surface area (Å²) in [5, 5.41) is 28.2. The van der Waals surface area contributed by atoms with Gasteiger partial charge in [0.2, 0.25) is 41.4 Å². The molecule has 7 heterocycles. The number of phosphoric acid groups is 1. The molecular weight excluding hydrogens is 1180 g/mol. The summed E-state index contributed by atoms with van der Waals surface area (Å²) in [5.41, 5.74) is 37.4. The molecule has 6 aliphatic rings. The fourth-order valence-electron chi connectivity index (χ4n) is 15.4. The zero-order valence-corrected chi connectivity index (χ0v) is 54.1. The minimum absolute atomic E-state index is 0.0114. The number of hydrogen-bond donors (Lipinski definition) is 11. The fourth-order valence-corrected chi connectivity index (χ4v) is 16.6. The lowest BCUT2D eigenvalue weighted by molar-refractivity contribution is -0.124. The number of rotatable bonds is 26. The van der Waals surface area contributed by atoms with E-state index >= 15 is 0 Å². The molecule has 15 atom stereocenters. The van der Waals surface area contributed by atoms with Crippen molar-refractivity contribution in [2.45, 2.75) is 189 Å². The van der Waals surface area contributed by atoms with Gasteiger partial charge in [-0.2, -0.15) is 0 Å². The van der Waals surface area contributed by atoms with Gasteiger partial charge in [0, 0.05) is 131 Å². The molecule has 2 aromatic rings. The van der Waals surface area contributed by atoms with Gasteiger partial charge in [-0.15, -0.1) is 0 Å². The van der Waals surface area contributed by atoms with Crippen LogP contribution in [-0.4, -0.2) is 132 Å². The highest BCUT2D eigenvalue weighted by molar-refractivity contribution is 7.47. The lowest BCUT2D eigenvalue weighted by Crippen LogP contribution is -2.56. The highest BCUT2D eigenvalue weighted by Gasteiger charge is 2.66. The highest BCUT2D eigenvalue weighted by Crippen LogP contribution is 2.63. The van der Waals surface area contributed by atoms with E-state index < -0.39 is 143 Å². The maximum absolute atomic E-state index is 14.4. The van der Waals surface area contributed by atoms with E-state index in [1.165, 1.54) is 13.3 Å². The van der Waals surface area contributed by atoms with Gasteiger partial charge in [-0.25, -0.2) is 9.55 Å². The first-order valence-electron chi connectivity index (χ1n) is 30.6. The predicted octanol–water partition coefficient (Wildman–Crippen LogP) is 3.16. The number of hydrogen-bond acceptors (Lipinski definition) is 18. The molecule has 17 N–H and O–H groups in total. The number of imidazole rings is 1. The number of amides is 7. The van der Waals surface area contributed by atoms with Crippen molar-refractivity contribution in [3.63, 3.8) is 0 Å². The normalized spacial score (nSPS) is 33.4. The van der Waals surface area contributed by atoms with Crippen LogP contribution in [0.1, 0.15) is 150 Å². The Kier molecular flexibility index (Phi) is 19.6. The number of aryl methyl sites for hydroxylation is 2. The summed E-state index contributed by atoms with van der Waals surface area (Å²) in [6.07, 6.45) is -4.26. The summed E-state index contributed by atoms with van der Waals surface area (Å²) < 4.78 is 32.3. The first-order valence-corrected chi connectivity index (χ1v) is 32.1. The zero-order chi connectivity index (χ0) is 66.7. The van der Waals surface area contributed by atoms with Crippen molar-refractivity contribution in [1.29, 1.82) is 0 Å². The van der Waals surface area contributed by atoms with E-state index in [2.05, 4.69) is 15.6 Å². The number of benzene rings is 1. The summed E-state index contributed by atoms with van der Waals surface area (Å²) in [7, 11) is -5.07. The van der Waals surface area contributed by atoms with Crippen molar-refractivity contribution < 1.29 is 67.0 Å². The minimum atomic E-state index is -5.07. The molecule has 2 fully saturated rings. The molecule has 0 radical (unpaired) electrons. The Morgan fingerprint density at radius 3 is 1.99 bits per heavy atom. The minimum Gasteiger partial charge on any atom is -0.394 e. The Balaban J connectivity index is 1.19. The second-order valence-electron chi connectivity index (χ2n) is 27.1. The second kappa shape index (κ2) is 25.6. The fraction of sp³-hybridized carbons (Fsp3) is 0.629. The standard InChI is InChI=1S/C62H90N13O14P/c1-29-20-39-40(21-30(29)2)75(28-70-39)57-52(84)53(41(27-76)87-57)89-90(85,86)88-31(3)26-69-49(83)18-19-59(8)37(22-46(66)80)56-62(11)61(10,25-48(68)82)36(14-17-45(65)79)51(74-62)33(5)55-60(9,24-47(67)81)34(12-15-43(63)77)38(71-55)23-42-58(6,7)35(13-16-44(64)78)50(72-42)32(4)54(59)73-56/h20-21,23,28,31,34-37,41,52-53,56-57,71,76,84H,12-19,22,24-27H2,1-11H3,(H2,63,77)(H2,64,78)(H2,65,79)(H2,66,80)(H2,67,81)(H2,68,82)(H,69,83)(H,85,86)/b38-23-,50-32-,55-33?/t31-,34-,35-,36-,37+,41-,52-,53-,56-,57+,59-,60+,61+,62+/m0/s1. The predicted molar refractivity (Wildman–Crippen MR) is 334 cm³/mol. The van der Waals surface area contributed by atoms with Gasteiger partial charge in [0.1, 0.15) is 18.3 Å². The zero-order valence-electron chi connectivity index (χ0n) is 53.3. The van der Waals surface area contributed by atoms with Crippen LogP contribution in [0.25, 0.3) is 11.0 Å². The number of carbonyl (C=O) groups excluding carboxylic acids is 7. The molecule has 1 aromatic carbocycles. The third-order valence-electron chi connectivity index (χ3n) is 20.6. The van der Waals surface area contributed by atoms with E-state index in [1.54, 1.807) is 4.57 Å². The van der Waals surface area contributed by atoms with Crippen molar-refractivity contribution in [3.05, 3.63) is 63.9 Å². The number of phosphoric ester groups is 1. The summed E-state index contributed by atoms with van der Waals surface area (Å²) in [6, 6.07) is 2.70. The number of fused-ring (bicyclic) bond motifs is 7. The maximum Gasteiger partial charge on any atom is 0.472 e. The van der Waals surface area contributed by atoms with Gasteiger partial charge in [0.05, 0.1) is 41.7 Å². The number of aliphatic imine (C=N–C) groups is 3. The van der Waals surface area contributed by atoms with Gasteiger partial charge in [0.25, 0.3) is 0 Å². The third-order valence-corrected chi connectivity index (χ3v) is 21.7. The first-order chi connectivity index (χ1) is 41.8. The van der Waals surface area contributed by atoms with Crippen LogP contribution in [0, 0.1) is 59.2 Å². The average Bonchev–Trinajstić information content (AvgIpc) is 1.53. The molecule has 1 aromatic heterocycles. The topological polar surface area (TPSA) is 460 Å².